The summed E-state index contributed by atoms with van der Waals surface area (Å²) in [5.41, 5.74) is -0.493. The molecule has 0 amide bonds. The summed E-state index contributed by atoms with van der Waals surface area (Å²) in [6, 6.07) is 2.21. The topological polar surface area (TPSA) is 54.3 Å². The lowest BCUT2D eigenvalue weighted by molar-refractivity contribution is 0.00393. The van der Waals surface area contributed by atoms with E-state index >= 15 is 0 Å². The average molecular weight is 200 g/mol. The Balaban J connectivity index is 3.68. The van der Waals surface area contributed by atoms with Crippen molar-refractivity contribution in [2.75, 3.05) is 27.4 Å². The molecule has 0 saturated heterocycles. The molecule has 4 nitrogen and oxygen atoms in total. The maximum Gasteiger partial charge on any atom is 0.105 e. The summed E-state index contributed by atoms with van der Waals surface area (Å²) in [4.78, 5) is 0. The first kappa shape index (κ1) is 13.4. The second kappa shape index (κ2) is 6.77. The number of hydrogen-bond acceptors (Lipinski definition) is 4. The van der Waals surface area contributed by atoms with Gasteiger partial charge in [-0.1, -0.05) is 0 Å². The molecule has 0 spiro atoms. The molecule has 4 heteroatoms. The lowest BCUT2D eigenvalue weighted by Crippen LogP contribution is -2.39. The van der Waals surface area contributed by atoms with Gasteiger partial charge in [0.05, 0.1) is 18.8 Å². The summed E-state index contributed by atoms with van der Waals surface area (Å²) in [5.74, 6) is 0. The highest BCUT2D eigenvalue weighted by Gasteiger charge is 2.20. The van der Waals surface area contributed by atoms with Crippen molar-refractivity contribution < 1.29 is 9.47 Å². The maximum absolute atomic E-state index is 8.86. The van der Waals surface area contributed by atoms with Crippen LogP contribution in [0.25, 0.3) is 0 Å². The van der Waals surface area contributed by atoms with Crippen molar-refractivity contribution in [1.82, 2.24) is 5.32 Å². The quantitative estimate of drug-likeness (QED) is 0.664. The van der Waals surface area contributed by atoms with Crippen LogP contribution in [0.2, 0.25) is 0 Å². The summed E-state index contributed by atoms with van der Waals surface area (Å²) in [5, 5.41) is 11.8. The van der Waals surface area contributed by atoms with E-state index in [4.69, 9.17) is 14.7 Å². The highest BCUT2D eigenvalue weighted by atomic mass is 16.5. The number of methoxy groups -OCH3 is 1. The molecule has 0 aliphatic carbocycles. The molecule has 0 bridgehead atoms. The molecule has 0 fully saturated rings. The van der Waals surface area contributed by atoms with E-state index in [1.807, 2.05) is 13.8 Å². The lowest BCUT2D eigenvalue weighted by atomic mass is 10.0. The normalized spacial score (nSPS) is 17.1. The van der Waals surface area contributed by atoms with Crippen LogP contribution in [0.4, 0.5) is 0 Å². The van der Waals surface area contributed by atoms with Crippen LogP contribution >= 0.6 is 0 Å². The smallest absolute Gasteiger partial charge is 0.105 e. The van der Waals surface area contributed by atoms with Crippen LogP contribution in [0.3, 0.4) is 0 Å². The fourth-order valence-electron chi connectivity index (χ4n) is 0.984. The molecule has 0 aromatic rings. The standard InChI is InChI=1S/C10H20N2O2/c1-9(7-13-4)14-6-5-10(2,8-11)12-3/h9,12H,5-7H2,1-4H3. The van der Waals surface area contributed by atoms with Gasteiger partial charge in [-0.25, -0.2) is 0 Å². The Kier molecular flexibility index (Phi) is 6.46. The van der Waals surface area contributed by atoms with Crippen LogP contribution in [-0.2, 0) is 9.47 Å². The van der Waals surface area contributed by atoms with Crippen molar-refractivity contribution >= 4 is 0 Å². The van der Waals surface area contributed by atoms with Crippen molar-refractivity contribution in [2.24, 2.45) is 0 Å². The van der Waals surface area contributed by atoms with Crippen LogP contribution in [-0.4, -0.2) is 39.0 Å². The van der Waals surface area contributed by atoms with Gasteiger partial charge in [0.2, 0.25) is 0 Å². The predicted octanol–water partition coefficient (Wildman–Crippen LogP) is 0.930. The average Bonchev–Trinajstić information content (AvgIpc) is 2.18. The van der Waals surface area contributed by atoms with Crippen LogP contribution in [0.5, 0.6) is 0 Å². The minimum absolute atomic E-state index is 0.0831. The van der Waals surface area contributed by atoms with E-state index < -0.39 is 5.54 Å². The number of hydrogen-bond donors (Lipinski definition) is 1. The van der Waals surface area contributed by atoms with Crippen LogP contribution in [0.15, 0.2) is 0 Å². The van der Waals surface area contributed by atoms with Crippen LogP contribution < -0.4 is 5.32 Å². The van der Waals surface area contributed by atoms with E-state index in [1.54, 1.807) is 14.2 Å². The van der Waals surface area contributed by atoms with Crippen molar-refractivity contribution in [1.29, 1.82) is 5.26 Å². The van der Waals surface area contributed by atoms with Crippen LogP contribution in [0, 0.1) is 11.3 Å². The molecule has 1 N–H and O–H groups in total. The minimum Gasteiger partial charge on any atom is -0.382 e. The summed E-state index contributed by atoms with van der Waals surface area (Å²) in [6.45, 7) is 4.96. The fraction of sp³-hybridized carbons (Fsp3) is 0.900. The van der Waals surface area contributed by atoms with Gasteiger partial charge in [0, 0.05) is 20.1 Å². The summed E-state index contributed by atoms with van der Waals surface area (Å²) < 4.78 is 10.4. The largest absolute Gasteiger partial charge is 0.382 e. The molecular formula is C10H20N2O2. The second-order valence-electron chi connectivity index (χ2n) is 3.58. The lowest BCUT2D eigenvalue weighted by Gasteiger charge is -2.21. The molecule has 14 heavy (non-hydrogen) atoms. The summed E-state index contributed by atoms with van der Waals surface area (Å²) in [7, 11) is 3.43. The molecule has 0 rings (SSSR count). The Morgan fingerprint density at radius 1 is 1.57 bits per heavy atom. The third-order valence-electron chi connectivity index (χ3n) is 2.20. The number of nitriles is 1. The zero-order valence-corrected chi connectivity index (χ0v) is 9.46. The van der Waals surface area contributed by atoms with E-state index in [0.717, 1.165) is 0 Å². The van der Waals surface area contributed by atoms with Gasteiger partial charge in [0.25, 0.3) is 0 Å². The molecule has 0 aromatic heterocycles. The van der Waals surface area contributed by atoms with Gasteiger partial charge in [-0.15, -0.1) is 0 Å². The Morgan fingerprint density at radius 2 is 2.21 bits per heavy atom. The highest BCUT2D eigenvalue weighted by molar-refractivity contribution is 5.02. The zero-order chi connectivity index (χ0) is 11.0. The number of rotatable bonds is 7. The monoisotopic (exact) mass is 200 g/mol. The van der Waals surface area contributed by atoms with Gasteiger partial charge in [-0.3, -0.25) is 0 Å². The van der Waals surface area contributed by atoms with Gasteiger partial charge in [-0.2, -0.15) is 5.26 Å². The van der Waals surface area contributed by atoms with E-state index in [2.05, 4.69) is 11.4 Å². The number of nitrogens with zero attached hydrogens (tertiary/aromatic N) is 1. The highest BCUT2D eigenvalue weighted by Crippen LogP contribution is 2.07. The zero-order valence-electron chi connectivity index (χ0n) is 9.46. The van der Waals surface area contributed by atoms with E-state index in [0.29, 0.717) is 19.6 Å². The number of ether oxygens (including phenoxy) is 2. The number of nitrogens with one attached hydrogen (secondary N) is 1. The first-order valence-electron chi connectivity index (χ1n) is 4.78. The van der Waals surface area contributed by atoms with Crippen molar-refractivity contribution in [2.45, 2.75) is 31.9 Å². The molecular weight excluding hydrogens is 180 g/mol. The van der Waals surface area contributed by atoms with E-state index in [-0.39, 0.29) is 6.10 Å². The first-order valence-corrected chi connectivity index (χ1v) is 4.78. The molecule has 0 radical (unpaired) electrons. The Bertz CT molecular complexity index is 191. The van der Waals surface area contributed by atoms with Crippen molar-refractivity contribution in [3.05, 3.63) is 0 Å². The molecule has 0 saturated carbocycles. The Labute approximate surface area is 86.2 Å². The second-order valence-corrected chi connectivity index (χ2v) is 3.58. The SMILES string of the molecule is CNC(C)(C#N)CCOC(C)COC. The molecule has 0 aliphatic heterocycles. The maximum atomic E-state index is 8.86. The molecule has 0 aliphatic rings. The van der Waals surface area contributed by atoms with E-state index in [9.17, 15) is 0 Å². The van der Waals surface area contributed by atoms with Gasteiger partial charge < -0.3 is 14.8 Å². The first-order chi connectivity index (χ1) is 6.58. The summed E-state index contributed by atoms with van der Waals surface area (Å²) >= 11 is 0. The van der Waals surface area contributed by atoms with E-state index in [1.165, 1.54) is 0 Å². The Morgan fingerprint density at radius 3 is 2.64 bits per heavy atom. The predicted molar refractivity (Wildman–Crippen MR) is 55.0 cm³/mol. The van der Waals surface area contributed by atoms with Gasteiger partial charge in [-0.05, 0) is 20.9 Å². The molecule has 0 heterocycles. The third-order valence-corrected chi connectivity index (χ3v) is 2.20. The molecule has 82 valence electrons. The van der Waals surface area contributed by atoms with Crippen molar-refractivity contribution in [3.63, 3.8) is 0 Å². The molecule has 0 aromatic carbocycles. The van der Waals surface area contributed by atoms with Crippen LogP contribution in [0.1, 0.15) is 20.3 Å². The molecule has 2 atom stereocenters. The molecule has 2 unspecified atom stereocenters. The minimum atomic E-state index is -0.493. The van der Waals surface area contributed by atoms with Crippen molar-refractivity contribution in [3.8, 4) is 6.07 Å². The summed E-state index contributed by atoms with van der Waals surface area (Å²) in [6.07, 6.45) is 0.758. The van der Waals surface area contributed by atoms with Gasteiger partial charge >= 0.3 is 0 Å². The third kappa shape index (κ3) is 5.18. The van der Waals surface area contributed by atoms with Gasteiger partial charge in [0.15, 0.2) is 0 Å². The Hall–Kier alpha value is -0.630. The fourth-order valence-corrected chi connectivity index (χ4v) is 0.984. The van der Waals surface area contributed by atoms with Gasteiger partial charge in [0.1, 0.15) is 5.54 Å².